The van der Waals surface area contributed by atoms with Gasteiger partial charge >= 0.3 is 0 Å². The van der Waals surface area contributed by atoms with Crippen molar-refractivity contribution in [2.75, 3.05) is 0 Å². The molecule has 0 saturated carbocycles. The number of unbranched alkanes of at least 4 members (excludes halogenated alkanes) is 1. The maximum absolute atomic E-state index is 9.66. The van der Waals surface area contributed by atoms with E-state index in [1.54, 1.807) is 0 Å². The molecule has 0 saturated heterocycles. The standard InChI is InChI=1S/C13H25N3O/c1-4-7-8-11(5-2)9-16-10-12(14-15-16)13(17)6-3/h10-11,13,17H,4-9H2,1-3H3. The Morgan fingerprint density at radius 1 is 1.29 bits per heavy atom. The molecule has 1 aromatic rings. The van der Waals surface area contributed by atoms with Crippen molar-refractivity contribution in [1.29, 1.82) is 0 Å². The summed E-state index contributed by atoms with van der Waals surface area (Å²) in [4.78, 5) is 0. The second kappa shape index (κ2) is 7.43. The van der Waals surface area contributed by atoms with Crippen molar-refractivity contribution in [3.63, 3.8) is 0 Å². The average molecular weight is 239 g/mol. The summed E-state index contributed by atoms with van der Waals surface area (Å²) < 4.78 is 1.87. The molecule has 0 aliphatic rings. The Labute approximate surface area is 104 Å². The lowest BCUT2D eigenvalue weighted by molar-refractivity contribution is 0.168. The Kier molecular flexibility index (Phi) is 6.19. The first-order valence-electron chi connectivity index (χ1n) is 6.79. The minimum atomic E-state index is -0.473. The molecule has 1 rings (SSSR count). The SMILES string of the molecule is CCCCC(CC)Cn1cc(C(O)CC)nn1. The third-order valence-electron chi connectivity index (χ3n) is 3.27. The summed E-state index contributed by atoms with van der Waals surface area (Å²) >= 11 is 0. The minimum Gasteiger partial charge on any atom is -0.387 e. The Morgan fingerprint density at radius 2 is 2.06 bits per heavy atom. The normalized spacial score (nSPS) is 14.8. The van der Waals surface area contributed by atoms with Crippen LogP contribution in [0.25, 0.3) is 0 Å². The second-order valence-electron chi connectivity index (χ2n) is 4.71. The topological polar surface area (TPSA) is 50.9 Å². The first-order chi connectivity index (χ1) is 8.21. The van der Waals surface area contributed by atoms with E-state index in [4.69, 9.17) is 0 Å². The highest BCUT2D eigenvalue weighted by molar-refractivity contribution is 4.96. The van der Waals surface area contributed by atoms with Gasteiger partial charge in [-0.1, -0.05) is 45.2 Å². The van der Waals surface area contributed by atoms with Gasteiger partial charge in [-0.2, -0.15) is 0 Å². The van der Waals surface area contributed by atoms with Crippen LogP contribution in [0.5, 0.6) is 0 Å². The molecular formula is C13H25N3O. The number of aliphatic hydroxyl groups is 1. The molecule has 0 aliphatic heterocycles. The lowest BCUT2D eigenvalue weighted by Gasteiger charge is -2.13. The van der Waals surface area contributed by atoms with Crippen LogP contribution in [0.4, 0.5) is 0 Å². The first kappa shape index (κ1) is 14.2. The lowest BCUT2D eigenvalue weighted by Crippen LogP contribution is -2.10. The van der Waals surface area contributed by atoms with E-state index in [1.165, 1.54) is 25.7 Å². The number of aliphatic hydroxyl groups excluding tert-OH is 1. The van der Waals surface area contributed by atoms with E-state index in [0.717, 1.165) is 6.54 Å². The fraction of sp³-hybridized carbons (Fsp3) is 0.846. The van der Waals surface area contributed by atoms with Gasteiger partial charge in [-0.3, -0.25) is 4.68 Å². The maximum atomic E-state index is 9.66. The van der Waals surface area contributed by atoms with Gasteiger partial charge in [0.25, 0.3) is 0 Å². The lowest BCUT2D eigenvalue weighted by atomic mass is 9.99. The molecule has 0 aromatic carbocycles. The van der Waals surface area contributed by atoms with Gasteiger partial charge in [0.2, 0.25) is 0 Å². The van der Waals surface area contributed by atoms with E-state index in [-0.39, 0.29) is 0 Å². The van der Waals surface area contributed by atoms with E-state index in [1.807, 2.05) is 17.8 Å². The van der Waals surface area contributed by atoms with E-state index in [2.05, 4.69) is 24.2 Å². The maximum Gasteiger partial charge on any atom is 0.111 e. The molecule has 2 unspecified atom stereocenters. The monoisotopic (exact) mass is 239 g/mol. The minimum absolute atomic E-state index is 0.473. The Morgan fingerprint density at radius 3 is 2.65 bits per heavy atom. The fourth-order valence-corrected chi connectivity index (χ4v) is 1.95. The van der Waals surface area contributed by atoms with E-state index in [0.29, 0.717) is 18.0 Å². The highest BCUT2D eigenvalue weighted by Crippen LogP contribution is 2.16. The molecule has 98 valence electrons. The molecule has 17 heavy (non-hydrogen) atoms. The first-order valence-corrected chi connectivity index (χ1v) is 6.79. The number of nitrogens with zero attached hydrogens (tertiary/aromatic N) is 3. The van der Waals surface area contributed by atoms with Gasteiger partial charge in [-0.15, -0.1) is 5.10 Å². The quantitative estimate of drug-likeness (QED) is 0.759. The van der Waals surface area contributed by atoms with Crippen LogP contribution in [0.2, 0.25) is 0 Å². The Balaban J connectivity index is 2.52. The van der Waals surface area contributed by atoms with Gasteiger partial charge < -0.3 is 5.11 Å². The van der Waals surface area contributed by atoms with Crippen LogP contribution >= 0.6 is 0 Å². The summed E-state index contributed by atoms with van der Waals surface area (Å²) in [5.74, 6) is 0.670. The summed E-state index contributed by atoms with van der Waals surface area (Å²) in [6.07, 6.45) is 7.03. The van der Waals surface area contributed by atoms with Crippen molar-refractivity contribution in [2.24, 2.45) is 5.92 Å². The van der Waals surface area contributed by atoms with Crippen LogP contribution in [0.3, 0.4) is 0 Å². The van der Waals surface area contributed by atoms with Crippen molar-refractivity contribution in [2.45, 2.75) is 65.5 Å². The van der Waals surface area contributed by atoms with Gasteiger partial charge in [-0.05, 0) is 18.8 Å². The highest BCUT2D eigenvalue weighted by Gasteiger charge is 2.12. The second-order valence-corrected chi connectivity index (χ2v) is 4.71. The summed E-state index contributed by atoms with van der Waals surface area (Å²) in [5.41, 5.74) is 0.692. The fourth-order valence-electron chi connectivity index (χ4n) is 1.95. The third kappa shape index (κ3) is 4.46. The zero-order valence-electron chi connectivity index (χ0n) is 11.3. The zero-order valence-corrected chi connectivity index (χ0v) is 11.3. The van der Waals surface area contributed by atoms with Crippen molar-refractivity contribution >= 4 is 0 Å². The van der Waals surface area contributed by atoms with Crippen LogP contribution in [0.1, 0.15) is 64.7 Å². The number of hydrogen-bond acceptors (Lipinski definition) is 3. The zero-order chi connectivity index (χ0) is 12.7. The van der Waals surface area contributed by atoms with Crippen molar-refractivity contribution < 1.29 is 5.11 Å². The van der Waals surface area contributed by atoms with E-state index < -0.39 is 6.10 Å². The molecule has 0 amide bonds. The van der Waals surface area contributed by atoms with E-state index in [9.17, 15) is 5.11 Å². The molecule has 1 aromatic heterocycles. The molecule has 2 atom stereocenters. The molecular weight excluding hydrogens is 214 g/mol. The molecule has 0 fully saturated rings. The van der Waals surface area contributed by atoms with Crippen molar-refractivity contribution in [3.05, 3.63) is 11.9 Å². The van der Waals surface area contributed by atoms with Gasteiger partial charge in [0.1, 0.15) is 5.69 Å². The van der Waals surface area contributed by atoms with Crippen LogP contribution in [-0.2, 0) is 6.54 Å². The van der Waals surface area contributed by atoms with Gasteiger partial charge in [-0.25, -0.2) is 0 Å². The number of hydrogen-bond donors (Lipinski definition) is 1. The average Bonchev–Trinajstić information content (AvgIpc) is 2.81. The number of rotatable bonds is 8. The molecule has 0 bridgehead atoms. The summed E-state index contributed by atoms with van der Waals surface area (Å²) in [7, 11) is 0. The summed E-state index contributed by atoms with van der Waals surface area (Å²) in [5, 5.41) is 17.8. The predicted molar refractivity (Wildman–Crippen MR) is 68.6 cm³/mol. The molecule has 0 radical (unpaired) electrons. The molecule has 1 heterocycles. The molecule has 1 N–H and O–H groups in total. The van der Waals surface area contributed by atoms with Gasteiger partial charge in [0.05, 0.1) is 12.3 Å². The van der Waals surface area contributed by atoms with E-state index >= 15 is 0 Å². The van der Waals surface area contributed by atoms with Gasteiger partial charge in [0.15, 0.2) is 0 Å². The smallest absolute Gasteiger partial charge is 0.111 e. The Bertz CT molecular complexity index is 311. The predicted octanol–water partition coefficient (Wildman–Crippen LogP) is 2.94. The molecule has 4 heteroatoms. The van der Waals surface area contributed by atoms with Crippen molar-refractivity contribution in [3.8, 4) is 0 Å². The number of aromatic nitrogens is 3. The third-order valence-corrected chi connectivity index (χ3v) is 3.27. The molecule has 0 spiro atoms. The Hall–Kier alpha value is -0.900. The van der Waals surface area contributed by atoms with Gasteiger partial charge in [0, 0.05) is 6.54 Å². The van der Waals surface area contributed by atoms with Crippen molar-refractivity contribution in [1.82, 2.24) is 15.0 Å². The van der Waals surface area contributed by atoms with Crippen LogP contribution in [0, 0.1) is 5.92 Å². The highest BCUT2D eigenvalue weighted by atomic mass is 16.3. The molecule has 0 aliphatic carbocycles. The van der Waals surface area contributed by atoms with Crippen LogP contribution < -0.4 is 0 Å². The van der Waals surface area contributed by atoms with Crippen LogP contribution in [0.15, 0.2) is 6.20 Å². The summed E-state index contributed by atoms with van der Waals surface area (Å²) in [6, 6.07) is 0. The molecule has 4 nitrogen and oxygen atoms in total. The largest absolute Gasteiger partial charge is 0.387 e. The summed E-state index contributed by atoms with van der Waals surface area (Å²) in [6.45, 7) is 7.30. The van der Waals surface area contributed by atoms with Crippen LogP contribution in [-0.4, -0.2) is 20.1 Å².